The van der Waals surface area contributed by atoms with Crippen LogP contribution in [0, 0.1) is 11.6 Å². The number of anilines is 1. The number of carbonyl (C=O) groups excluding carboxylic acids is 1. The van der Waals surface area contributed by atoms with Crippen LogP contribution in [0.3, 0.4) is 0 Å². The average Bonchev–Trinajstić information content (AvgIpc) is 2.49. The lowest BCUT2D eigenvalue weighted by atomic mass is 10.0. The van der Waals surface area contributed by atoms with E-state index in [2.05, 4.69) is 0 Å². The number of nitrogens with two attached hydrogens (primary N) is 1. The monoisotopic (exact) mass is 293 g/mol. The molecule has 0 radical (unpaired) electrons. The summed E-state index contributed by atoms with van der Waals surface area (Å²) in [7, 11) is 2.78. The number of rotatable bonds is 4. The number of nitrogen functional groups attached to an aromatic ring is 1. The topological polar surface area (TPSA) is 61.6 Å². The van der Waals surface area contributed by atoms with E-state index in [4.69, 9.17) is 15.2 Å². The quantitative estimate of drug-likeness (QED) is 0.695. The molecule has 2 N–H and O–H groups in total. The molecule has 0 aliphatic carbocycles. The van der Waals surface area contributed by atoms with Crippen molar-refractivity contribution in [2.75, 3.05) is 20.0 Å². The summed E-state index contributed by atoms with van der Waals surface area (Å²) in [6.45, 7) is 0. The molecule has 0 unspecified atom stereocenters. The van der Waals surface area contributed by atoms with Gasteiger partial charge in [-0.05, 0) is 24.3 Å². The summed E-state index contributed by atoms with van der Waals surface area (Å²) in [4.78, 5) is 12.4. The Bertz CT molecular complexity index is 702. The zero-order chi connectivity index (χ0) is 15.6. The molecular weight excluding hydrogens is 280 g/mol. The van der Waals surface area contributed by atoms with E-state index in [1.54, 1.807) is 0 Å². The SMILES string of the molecule is COc1cc(OC)c(N)c(C(=O)c2cc(F)ccc2F)c1. The highest BCUT2D eigenvalue weighted by atomic mass is 19.1. The van der Waals surface area contributed by atoms with Crippen LogP contribution in [-0.4, -0.2) is 20.0 Å². The maximum Gasteiger partial charge on any atom is 0.198 e. The third kappa shape index (κ3) is 2.79. The van der Waals surface area contributed by atoms with Gasteiger partial charge < -0.3 is 15.2 Å². The summed E-state index contributed by atoms with van der Waals surface area (Å²) in [5.41, 5.74) is 5.44. The van der Waals surface area contributed by atoms with Crippen molar-refractivity contribution in [3.63, 3.8) is 0 Å². The normalized spacial score (nSPS) is 10.3. The molecule has 0 fully saturated rings. The number of ether oxygens (including phenoxy) is 2. The predicted octanol–water partition coefficient (Wildman–Crippen LogP) is 2.80. The number of carbonyl (C=O) groups is 1. The fraction of sp³-hybridized carbons (Fsp3) is 0.133. The molecule has 2 rings (SSSR count). The summed E-state index contributed by atoms with van der Waals surface area (Å²) in [6, 6.07) is 5.49. The van der Waals surface area contributed by atoms with E-state index < -0.39 is 23.0 Å². The molecule has 2 aromatic carbocycles. The Balaban J connectivity index is 2.60. The molecule has 0 aliphatic rings. The molecule has 0 saturated carbocycles. The fourth-order valence-electron chi connectivity index (χ4n) is 1.89. The van der Waals surface area contributed by atoms with Crippen molar-refractivity contribution in [2.24, 2.45) is 0 Å². The van der Waals surface area contributed by atoms with E-state index in [0.29, 0.717) is 5.75 Å². The molecule has 110 valence electrons. The smallest absolute Gasteiger partial charge is 0.198 e. The maximum atomic E-state index is 13.7. The van der Waals surface area contributed by atoms with Gasteiger partial charge in [-0.25, -0.2) is 8.78 Å². The molecular formula is C15H13F2NO3. The van der Waals surface area contributed by atoms with Crippen LogP contribution in [0.15, 0.2) is 30.3 Å². The van der Waals surface area contributed by atoms with Crippen molar-refractivity contribution in [3.05, 3.63) is 53.1 Å². The third-order valence-electron chi connectivity index (χ3n) is 2.99. The summed E-state index contributed by atoms with van der Waals surface area (Å²) >= 11 is 0. The van der Waals surface area contributed by atoms with Crippen molar-refractivity contribution in [1.29, 1.82) is 0 Å². The van der Waals surface area contributed by atoms with Crippen LogP contribution in [-0.2, 0) is 0 Å². The van der Waals surface area contributed by atoms with Crippen molar-refractivity contribution < 1.29 is 23.0 Å². The molecule has 0 spiro atoms. The lowest BCUT2D eigenvalue weighted by molar-refractivity contribution is 0.103. The molecule has 0 saturated heterocycles. The summed E-state index contributed by atoms with van der Waals surface area (Å²) in [5, 5.41) is 0. The number of ketones is 1. The number of hydrogen-bond donors (Lipinski definition) is 1. The minimum atomic E-state index is -0.831. The Hall–Kier alpha value is -2.63. The third-order valence-corrected chi connectivity index (χ3v) is 2.99. The first-order chi connectivity index (χ1) is 9.97. The molecule has 2 aromatic rings. The molecule has 6 heteroatoms. The van der Waals surface area contributed by atoms with Crippen LogP contribution < -0.4 is 15.2 Å². The molecule has 0 aliphatic heterocycles. The van der Waals surface area contributed by atoms with E-state index in [0.717, 1.165) is 18.2 Å². The zero-order valence-corrected chi connectivity index (χ0v) is 11.4. The number of benzene rings is 2. The van der Waals surface area contributed by atoms with Crippen LogP contribution in [0.4, 0.5) is 14.5 Å². The first-order valence-electron chi connectivity index (χ1n) is 5.99. The Kier molecular flexibility index (Phi) is 4.07. The van der Waals surface area contributed by atoms with Crippen LogP contribution in [0.25, 0.3) is 0 Å². The van der Waals surface area contributed by atoms with Crippen molar-refractivity contribution in [3.8, 4) is 11.5 Å². The van der Waals surface area contributed by atoms with Gasteiger partial charge >= 0.3 is 0 Å². The highest BCUT2D eigenvalue weighted by Crippen LogP contribution is 2.32. The highest BCUT2D eigenvalue weighted by Gasteiger charge is 2.20. The van der Waals surface area contributed by atoms with E-state index >= 15 is 0 Å². The lowest BCUT2D eigenvalue weighted by Crippen LogP contribution is -2.09. The second kappa shape index (κ2) is 5.78. The first-order valence-corrected chi connectivity index (χ1v) is 5.99. The van der Waals surface area contributed by atoms with Crippen LogP contribution >= 0.6 is 0 Å². The largest absolute Gasteiger partial charge is 0.497 e. The number of methoxy groups -OCH3 is 2. The first kappa shape index (κ1) is 14.8. The molecule has 0 amide bonds. The van der Waals surface area contributed by atoms with Crippen LogP contribution in [0.1, 0.15) is 15.9 Å². The Morgan fingerprint density at radius 2 is 1.76 bits per heavy atom. The van der Waals surface area contributed by atoms with Gasteiger partial charge in [-0.3, -0.25) is 4.79 Å². The minimum Gasteiger partial charge on any atom is -0.497 e. The van der Waals surface area contributed by atoms with Gasteiger partial charge in [-0.2, -0.15) is 0 Å². The number of halogens is 2. The lowest BCUT2D eigenvalue weighted by Gasteiger charge is -2.12. The highest BCUT2D eigenvalue weighted by molar-refractivity contribution is 6.13. The summed E-state index contributed by atoms with van der Waals surface area (Å²) in [6.07, 6.45) is 0. The van der Waals surface area contributed by atoms with Gasteiger partial charge in [0.2, 0.25) is 0 Å². The molecule has 0 aromatic heterocycles. The van der Waals surface area contributed by atoms with Gasteiger partial charge in [0.25, 0.3) is 0 Å². The van der Waals surface area contributed by atoms with Gasteiger partial charge in [-0.1, -0.05) is 0 Å². The average molecular weight is 293 g/mol. The van der Waals surface area contributed by atoms with Gasteiger partial charge in [0.1, 0.15) is 23.1 Å². The zero-order valence-electron chi connectivity index (χ0n) is 11.4. The van der Waals surface area contributed by atoms with E-state index in [1.807, 2.05) is 0 Å². The molecule has 0 bridgehead atoms. The van der Waals surface area contributed by atoms with E-state index in [1.165, 1.54) is 26.4 Å². The standard InChI is InChI=1S/C15H13F2NO3/c1-20-9-6-11(14(18)13(7-9)21-2)15(19)10-5-8(16)3-4-12(10)17/h3-7H,18H2,1-2H3. The van der Waals surface area contributed by atoms with E-state index in [9.17, 15) is 13.6 Å². The van der Waals surface area contributed by atoms with Crippen molar-refractivity contribution in [1.82, 2.24) is 0 Å². The van der Waals surface area contributed by atoms with Crippen molar-refractivity contribution in [2.45, 2.75) is 0 Å². The Morgan fingerprint density at radius 1 is 1.05 bits per heavy atom. The summed E-state index contributed by atoms with van der Waals surface area (Å²) < 4.78 is 37.0. The molecule has 4 nitrogen and oxygen atoms in total. The molecule has 0 heterocycles. The van der Waals surface area contributed by atoms with Gasteiger partial charge in [-0.15, -0.1) is 0 Å². The van der Waals surface area contributed by atoms with Gasteiger partial charge in [0.15, 0.2) is 5.78 Å². The van der Waals surface area contributed by atoms with Crippen LogP contribution in [0.5, 0.6) is 11.5 Å². The Labute approximate surface area is 120 Å². The number of hydrogen-bond acceptors (Lipinski definition) is 4. The maximum absolute atomic E-state index is 13.7. The summed E-state index contributed by atoms with van der Waals surface area (Å²) in [5.74, 6) is -1.76. The van der Waals surface area contributed by atoms with Crippen molar-refractivity contribution >= 4 is 11.5 Å². The molecule has 21 heavy (non-hydrogen) atoms. The Morgan fingerprint density at radius 3 is 2.38 bits per heavy atom. The van der Waals surface area contributed by atoms with Gasteiger partial charge in [0, 0.05) is 6.07 Å². The fourth-order valence-corrected chi connectivity index (χ4v) is 1.89. The predicted molar refractivity (Wildman–Crippen MR) is 73.7 cm³/mol. The molecule has 0 atom stereocenters. The second-order valence-electron chi connectivity index (χ2n) is 4.24. The minimum absolute atomic E-state index is 0.0179. The van der Waals surface area contributed by atoms with Gasteiger partial charge in [0.05, 0.1) is 31.0 Å². The second-order valence-corrected chi connectivity index (χ2v) is 4.24. The van der Waals surface area contributed by atoms with E-state index in [-0.39, 0.29) is 17.0 Å². The van der Waals surface area contributed by atoms with Crippen LogP contribution in [0.2, 0.25) is 0 Å².